The molecule has 0 aliphatic heterocycles. The Morgan fingerprint density at radius 2 is 1.85 bits per heavy atom. The monoisotopic (exact) mass is 585 g/mol. The number of esters is 1. The SMILES string of the molecule is CC(=O)O[C@H](C)c1nc(Cn2nc(-c3ccc(Cl)cc3)n(C[C@H](O)C(F)(F)F)c2=O)nn1-c1ccncc1Cl. The molecule has 0 radical (unpaired) electrons. The number of pyridine rings is 1. The van der Waals surface area contributed by atoms with Crippen molar-refractivity contribution in [3.05, 3.63) is 74.9 Å². The summed E-state index contributed by atoms with van der Waals surface area (Å²) in [7, 11) is 0. The van der Waals surface area contributed by atoms with E-state index in [1.54, 1.807) is 13.0 Å². The molecule has 0 fully saturated rings. The van der Waals surface area contributed by atoms with E-state index in [9.17, 15) is 27.9 Å². The Morgan fingerprint density at radius 1 is 1.15 bits per heavy atom. The summed E-state index contributed by atoms with van der Waals surface area (Å²) in [6.07, 6.45) is -5.84. The highest BCUT2D eigenvalue weighted by Crippen LogP contribution is 2.26. The number of aliphatic hydroxyl groups excluding tert-OH is 1. The maximum Gasteiger partial charge on any atom is 0.416 e. The first-order valence-electron chi connectivity index (χ1n) is 11.3. The van der Waals surface area contributed by atoms with E-state index in [1.807, 2.05) is 0 Å². The quantitative estimate of drug-likeness (QED) is 0.310. The highest BCUT2D eigenvalue weighted by Gasteiger charge is 2.39. The van der Waals surface area contributed by atoms with Crippen molar-refractivity contribution in [1.29, 1.82) is 0 Å². The number of halogens is 5. The fourth-order valence-corrected chi connectivity index (χ4v) is 3.97. The predicted octanol–water partition coefficient (Wildman–Crippen LogP) is 3.59. The van der Waals surface area contributed by atoms with Gasteiger partial charge in [0.05, 0.1) is 17.3 Å². The number of carbonyl (C=O) groups excluding carboxylic acids is 1. The topological polar surface area (TPSA) is 130 Å². The van der Waals surface area contributed by atoms with E-state index in [4.69, 9.17) is 27.9 Å². The van der Waals surface area contributed by atoms with Crippen molar-refractivity contribution < 1.29 is 27.8 Å². The number of rotatable bonds is 8. The third-order valence-electron chi connectivity index (χ3n) is 5.41. The second kappa shape index (κ2) is 11.2. The number of hydrogen-bond acceptors (Lipinski definition) is 8. The van der Waals surface area contributed by atoms with E-state index >= 15 is 0 Å². The molecule has 1 N–H and O–H groups in total. The largest absolute Gasteiger partial charge is 0.455 e. The molecule has 0 saturated heterocycles. The minimum Gasteiger partial charge on any atom is -0.455 e. The van der Waals surface area contributed by atoms with Crippen LogP contribution in [0, 0.1) is 0 Å². The second-order valence-electron chi connectivity index (χ2n) is 8.32. The van der Waals surface area contributed by atoms with Gasteiger partial charge in [0.15, 0.2) is 29.7 Å². The van der Waals surface area contributed by atoms with Gasteiger partial charge in [-0.05, 0) is 37.3 Å². The lowest BCUT2D eigenvalue weighted by atomic mass is 10.2. The Labute approximate surface area is 228 Å². The van der Waals surface area contributed by atoms with Crippen LogP contribution >= 0.6 is 23.2 Å². The van der Waals surface area contributed by atoms with Crippen molar-refractivity contribution in [2.45, 2.75) is 45.3 Å². The molecule has 4 rings (SSSR count). The maximum absolute atomic E-state index is 13.2. The van der Waals surface area contributed by atoms with E-state index in [0.717, 1.165) is 4.68 Å². The summed E-state index contributed by atoms with van der Waals surface area (Å²) in [6, 6.07) is 7.46. The number of benzene rings is 1. The van der Waals surface area contributed by atoms with E-state index in [0.29, 0.717) is 15.3 Å². The van der Waals surface area contributed by atoms with E-state index in [2.05, 4.69) is 20.2 Å². The first kappa shape index (κ1) is 28.3. The van der Waals surface area contributed by atoms with E-state index in [-0.39, 0.29) is 34.6 Å². The van der Waals surface area contributed by atoms with Crippen LogP contribution in [0.5, 0.6) is 0 Å². The highest BCUT2D eigenvalue weighted by molar-refractivity contribution is 6.32. The van der Waals surface area contributed by atoms with Crippen molar-refractivity contribution in [3.63, 3.8) is 0 Å². The van der Waals surface area contributed by atoms with Gasteiger partial charge in [-0.25, -0.2) is 19.1 Å². The Morgan fingerprint density at radius 3 is 2.46 bits per heavy atom. The zero-order valence-electron chi connectivity index (χ0n) is 20.3. The second-order valence-corrected chi connectivity index (χ2v) is 9.16. The maximum atomic E-state index is 13.2. The molecule has 0 saturated carbocycles. The lowest BCUT2D eigenvalue weighted by molar-refractivity contribution is -0.207. The summed E-state index contributed by atoms with van der Waals surface area (Å²) < 4.78 is 47.5. The van der Waals surface area contributed by atoms with Gasteiger partial charge in [0.25, 0.3) is 0 Å². The summed E-state index contributed by atoms with van der Waals surface area (Å²) in [5.74, 6) is -0.538. The minimum absolute atomic E-state index is 0.0163. The summed E-state index contributed by atoms with van der Waals surface area (Å²) in [6.45, 7) is 1.31. The molecule has 11 nitrogen and oxygen atoms in total. The van der Waals surface area contributed by atoms with Gasteiger partial charge in [-0.1, -0.05) is 23.2 Å². The van der Waals surface area contributed by atoms with Crippen LogP contribution in [0.25, 0.3) is 17.1 Å². The van der Waals surface area contributed by atoms with Crippen molar-refractivity contribution in [2.75, 3.05) is 0 Å². The molecule has 3 heterocycles. The number of hydrogen-bond donors (Lipinski definition) is 1. The highest BCUT2D eigenvalue weighted by atomic mass is 35.5. The molecule has 0 bridgehead atoms. The van der Waals surface area contributed by atoms with Gasteiger partial charge in [-0.15, -0.1) is 10.2 Å². The molecule has 206 valence electrons. The molecule has 0 amide bonds. The van der Waals surface area contributed by atoms with Crippen molar-refractivity contribution >= 4 is 29.2 Å². The van der Waals surface area contributed by atoms with Gasteiger partial charge in [0.1, 0.15) is 6.54 Å². The zero-order valence-corrected chi connectivity index (χ0v) is 21.8. The molecule has 0 aliphatic rings. The molecule has 3 aromatic heterocycles. The van der Waals surface area contributed by atoms with Crippen molar-refractivity contribution in [3.8, 4) is 17.1 Å². The number of aliphatic hydroxyl groups is 1. The van der Waals surface area contributed by atoms with Crippen LogP contribution in [-0.4, -0.2) is 57.5 Å². The fourth-order valence-electron chi connectivity index (χ4n) is 3.65. The molecule has 2 atom stereocenters. The van der Waals surface area contributed by atoms with Crippen LogP contribution in [0.3, 0.4) is 0 Å². The normalized spacial score (nSPS) is 13.3. The first-order chi connectivity index (χ1) is 18.3. The summed E-state index contributed by atoms with van der Waals surface area (Å²) in [4.78, 5) is 33.0. The van der Waals surface area contributed by atoms with Crippen molar-refractivity contribution in [2.24, 2.45) is 0 Å². The molecule has 0 spiro atoms. The summed E-state index contributed by atoms with van der Waals surface area (Å²) in [5, 5.41) is 18.8. The molecule has 0 aliphatic carbocycles. The lowest BCUT2D eigenvalue weighted by Crippen LogP contribution is -2.37. The Hall–Kier alpha value is -3.75. The molecule has 1 aromatic carbocycles. The third-order valence-corrected chi connectivity index (χ3v) is 5.95. The molecule has 0 unspecified atom stereocenters. The van der Waals surface area contributed by atoms with Gasteiger partial charge >= 0.3 is 17.8 Å². The number of ether oxygens (including phenoxy) is 1. The van der Waals surface area contributed by atoms with Crippen LogP contribution < -0.4 is 5.69 Å². The van der Waals surface area contributed by atoms with Crippen LogP contribution in [-0.2, 0) is 22.6 Å². The van der Waals surface area contributed by atoms with Crippen LogP contribution in [0.15, 0.2) is 47.5 Å². The number of alkyl halides is 3. The minimum atomic E-state index is -4.97. The summed E-state index contributed by atoms with van der Waals surface area (Å²) in [5.41, 5.74) is -0.306. The third kappa shape index (κ3) is 6.29. The van der Waals surface area contributed by atoms with Gasteiger partial charge in [-0.3, -0.25) is 14.3 Å². The van der Waals surface area contributed by atoms with Gasteiger partial charge < -0.3 is 9.84 Å². The number of nitrogens with zero attached hydrogens (tertiary/aromatic N) is 7. The van der Waals surface area contributed by atoms with Crippen LogP contribution in [0.1, 0.15) is 31.6 Å². The zero-order chi connectivity index (χ0) is 28.5. The van der Waals surface area contributed by atoms with Crippen LogP contribution in [0.2, 0.25) is 10.0 Å². The molecule has 39 heavy (non-hydrogen) atoms. The Bertz CT molecular complexity index is 1550. The Kier molecular flexibility index (Phi) is 8.09. The first-order valence-corrected chi connectivity index (χ1v) is 12.0. The smallest absolute Gasteiger partial charge is 0.416 e. The molecule has 4 aromatic rings. The fraction of sp³-hybridized carbons (Fsp3) is 0.304. The molecular formula is C23H20Cl2F3N7O4. The number of aromatic nitrogens is 7. The van der Waals surface area contributed by atoms with E-state index < -0.39 is 36.6 Å². The average molecular weight is 586 g/mol. The van der Waals surface area contributed by atoms with Crippen LogP contribution in [0.4, 0.5) is 13.2 Å². The van der Waals surface area contributed by atoms with E-state index in [1.165, 1.54) is 48.3 Å². The van der Waals surface area contributed by atoms with Gasteiger partial charge in [0.2, 0.25) is 0 Å². The average Bonchev–Trinajstić information content (AvgIpc) is 3.41. The molecular weight excluding hydrogens is 566 g/mol. The van der Waals surface area contributed by atoms with Gasteiger partial charge in [-0.2, -0.15) is 13.2 Å². The molecule has 16 heteroatoms. The number of carbonyl (C=O) groups is 1. The Balaban J connectivity index is 1.79. The lowest BCUT2D eigenvalue weighted by Gasteiger charge is -2.15. The predicted molar refractivity (Wildman–Crippen MR) is 132 cm³/mol. The van der Waals surface area contributed by atoms with Crippen molar-refractivity contribution in [1.82, 2.24) is 34.1 Å². The van der Waals surface area contributed by atoms with Gasteiger partial charge in [0, 0.05) is 29.9 Å². The summed E-state index contributed by atoms with van der Waals surface area (Å²) >= 11 is 12.2. The standard InChI is InChI=1S/C23H20Cl2F3N7O4/c1-12(39-13(2)36)20-30-19(31-35(20)17-7-8-29-9-16(17)25)11-34-22(38)33(10-18(37)23(26,27)28)21(32-34)14-3-5-15(24)6-4-14/h3-9,12,18,37H,10-11H2,1-2H3/t12-,18+/m1/s1.